The standard InChI is InChI=1S/C23H28N2O/c1-2-3-14-25-23(26)21-11-7-10-20(19-8-5-4-6-9-19)22(21)17-18-12-15-24-16-13-18/h4-11,17,24H,2-3,12-16H2,1H3,(H,25,26). The van der Waals surface area contributed by atoms with E-state index in [1.54, 1.807) is 0 Å². The van der Waals surface area contributed by atoms with E-state index in [0.29, 0.717) is 0 Å². The normalized spacial score (nSPS) is 14.1. The molecule has 0 aliphatic carbocycles. The molecule has 136 valence electrons. The number of carbonyl (C=O) groups excluding carboxylic acids is 1. The van der Waals surface area contributed by atoms with Crippen LogP contribution in [0.5, 0.6) is 0 Å². The number of unbranched alkanes of at least 4 members (excludes halogenated alkanes) is 1. The van der Waals surface area contributed by atoms with Gasteiger partial charge in [0.05, 0.1) is 0 Å². The van der Waals surface area contributed by atoms with E-state index < -0.39 is 0 Å². The minimum atomic E-state index is 0.0250. The fraction of sp³-hybridized carbons (Fsp3) is 0.348. The van der Waals surface area contributed by atoms with Gasteiger partial charge in [-0.2, -0.15) is 0 Å². The van der Waals surface area contributed by atoms with Gasteiger partial charge >= 0.3 is 0 Å². The van der Waals surface area contributed by atoms with E-state index in [2.05, 4.69) is 41.8 Å². The monoisotopic (exact) mass is 348 g/mol. The molecule has 2 aromatic rings. The Bertz CT molecular complexity index is 757. The Kier molecular flexibility index (Phi) is 6.62. The molecule has 2 N–H and O–H groups in total. The van der Waals surface area contributed by atoms with Gasteiger partial charge < -0.3 is 10.6 Å². The zero-order chi connectivity index (χ0) is 18.2. The van der Waals surface area contributed by atoms with Gasteiger partial charge in [-0.05, 0) is 55.1 Å². The second-order valence-electron chi connectivity index (χ2n) is 6.79. The van der Waals surface area contributed by atoms with Gasteiger partial charge in [0.1, 0.15) is 0 Å². The van der Waals surface area contributed by atoms with Gasteiger partial charge in [-0.15, -0.1) is 0 Å². The number of amides is 1. The molecule has 1 fully saturated rings. The maximum atomic E-state index is 12.8. The molecule has 0 unspecified atom stereocenters. The molecule has 0 aromatic heterocycles. The molecule has 1 saturated heterocycles. The maximum absolute atomic E-state index is 12.8. The molecule has 3 nitrogen and oxygen atoms in total. The SMILES string of the molecule is CCCCNC(=O)c1cccc(-c2ccccc2)c1C=C1CCNCC1. The van der Waals surface area contributed by atoms with E-state index in [4.69, 9.17) is 0 Å². The number of piperidine rings is 1. The van der Waals surface area contributed by atoms with Crippen molar-refractivity contribution in [2.24, 2.45) is 0 Å². The zero-order valence-corrected chi connectivity index (χ0v) is 15.6. The van der Waals surface area contributed by atoms with E-state index in [1.165, 1.54) is 5.57 Å². The number of benzene rings is 2. The number of rotatable bonds is 6. The van der Waals surface area contributed by atoms with Crippen LogP contribution in [0.15, 0.2) is 54.1 Å². The van der Waals surface area contributed by atoms with Crippen LogP contribution in [0.25, 0.3) is 17.2 Å². The highest BCUT2D eigenvalue weighted by Crippen LogP contribution is 2.30. The van der Waals surface area contributed by atoms with Crippen molar-refractivity contribution >= 4 is 12.0 Å². The number of nitrogens with one attached hydrogen (secondary N) is 2. The fourth-order valence-electron chi connectivity index (χ4n) is 3.36. The summed E-state index contributed by atoms with van der Waals surface area (Å²) in [5.41, 5.74) is 5.50. The molecule has 0 radical (unpaired) electrons. The second-order valence-corrected chi connectivity index (χ2v) is 6.79. The summed E-state index contributed by atoms with van der Waals surface area (Å²) >= 11 is 0. The average Bonchev–Trinajstić information content (AvgIpc) is 2.70. The topological polar surface area (TPSA) is 41.1 Å². The number of hydrogen-bond donors (Lipinski definition) is 2. The minimum Gasteiger partial charge on any atom is -0.352 e. The molecule has 1 aliphatic rings. The first-order valence-corrected chi connectivity index (χ1v) is 9.66. The Morgan fingerprint density at radius 2 is 1.85 bits per heavy atom. The van der Waals surface area contributed by atoms with Gasteiger partial charge in [0.15, 0.2) is 0 Å². The molecule has 0 atom stereocenters. The van der Waals surface area contributed by atoms with Crippen molar-refractivity contribution in [3.8, 4) is 11.1 Å². The third kappa shape index (κ3) is 4.61. The smallest absolute Gasteiger partial charge is 0.251 e. The minimum absolute atomic E-state index is 0.0250. The Morgan fingerprint density at radius 1 is 1.08 bits per heavy atom. The largest absolute Gasteiger partial charge is 0.352 e. The van der Waals surface area contributed by atoms with Crippen molar-refractivity contribution in [2.75, 3.05) is 19.6 Å². The maximum Gasteiger partial charge on any atom is 0.251 e. The van der Waals surface area contributed by atoms with E-state index >= 15 is 0 Å². The highest BCUT2D eigenvalue weighted by Gasteiger charge is 2.15. The van der Waals surface area contributed by atoms with Crippen molar-refractivity contribution in [3.63, 3.8) is 0 Å². The first kappa shape index (κ1) is 18.4. The summed E-state index contributed by atoms with van der Waals surface area (Å²) in [6.45, 7) is 4.88. The fourth-order valence-corrected chi connectivity index (χ4v) is 3.36. The highest BCUT2D eigenvalue weighted by molar-refractivity contribution is 6.00. The molecular weight excluding hydrogens is 320 g/mol. The quantitative estimate of drug-likeness (QED) is 0.746. The van der Waals surface area contributed by atoms with Crippen LogP contribution in [-0.2, 0) is 0 Å². The van der Waals surface area contributed by atoms with Crippen LogP contribution < -0.4 is 10.6 Å². The van der Waals surface area contributed by atoms with Crippen molar-refractivity contribution in [1.82, 2.24) is 10.6 Å². The summed E-state index contributed by atoms with van der Waals surface area (Å²) < 4.78 is 0. The lowest BCUT2D eigenvalue weighted by Gasteiger charge is -2.18. The molecule has 2 aromatic carbocycles. The third-order valence-corrected chi connectivity index (χ3v) is 4.85. The Hall–Kier alpha value is -2.39. The van der Waals surface area contributed by atoms with Crippen LogP contribution in [0, 0.1) is 0 Å². The number of hydrogen-bond acceptors (Lipinski definition) is 2. The van der Waals surface area contributed by atoms with Gasteiger partial charge in [-0.25, -0.2) is 0 Å². The lowest BCUT2D eigenvalue weighted by Crippen LogP contribution is -2.25. The predicted molar refractivity (Wildman–Crippen MR) is 109 cm³/mol. The molecule has 1 amide bonds. The van der Waals surface area contributed by atoms with Gasteiger partial charge in [0.2, 0.25) is 0 Å². The summed E-state index contributed by atoms with van der Waals surface area (Å²) in [5.74, 6) is 0.0250. The third-order valence-electron chi connectivity index (χ3n) is 4.85. The molecule has 0 saturated carbocycles. The Morgan fingerprint density at radius 3 is 2.58 bits per heavy atom. The summed E-state index contributed by atoms with van der Waals surface area (Å²) in [4.78, 5) is 12.8. The van der Waals surface area contributed by atoms with Crippen LogP contribution in [0.1, 0.15) is 48.5 Å². The van der Waals surface area contributed by atoms with Gasteiger partial charge in [-0.1, -0.05) is 67.5 Å². The molecule has 3 heteroatoms. The van der Waals surface area contributed by atoms with Crippen LogP contribution >= 0.6 is 0 Å². The summed E-state index contributed by atoms with van der Waals surface area (Å²) in [5, 5.41) is 6.47. The molecule has 0 bridgehead atoms. The predicted octanol–water partition coefficient (Wildman–Crippen LogP) is 4.65. The molecule has 0 spiro atoms. The van der Waals surface area contributed by atoms with Crippen molar-refractivity contribution < 1.29 is 4.79 Å². The van der Waals surface area contributed by atoms with Gasteiger partial charge in [0, 0.05) is 12.1 Å². The van der Waals surface area contributed by atoms with Gasteiger partial charge in [-0.3, -0.25) is 4.79 Å². The summed E-state index contributed by atoms with van der Waals surface area (Å²) in [6.07, 6.45) is 6.42. The van der Waals surface area contributed by atoms with E-state index in [9.17, 15) is 4.79 Å². The average molecular weight is 348 g/mol. The van der Waals surface area contributed by atoms with Gasteiger partial charge in [0.25, 0.3) is 5.91 Å². The molecule has 3 rings (SSSR count). The van der Waals surface area contributed by atoms with Crippen LogP contribution in [-0.4, -0.2) is 25.5 Å². The zero-order valence-electron chi connectivity index (χ0n) is 15.6. The van der Waals surface area contributed by atoms with E-state index in [-0.39, 0.29) is 5.91 Å². The first-order chi connectivity index (χ1) is 12.8. The lowest BCUT2D eigenvalue weighted by molar-refractivity contribution is 0.0953. The number of carbonyl (C=O) groups is 1. The van der Waals surface area contributed by atoms with Crippen molar-refractivity contribution in [1.29, 1.82) is 0 Å². The van der Waals surface area contributed by atoms with Crippen molar-refractivity contribution in [2.45, 2.75) is 32.6 Å². The first-order valence-electron chi connectivity index (χ1n) is 9.66. The Labute approximate surface area is 156 Å². The van der Waals surface area contributed by atoms with E-state index in [1.807, 2.05) is 30.3 Å². The highest BCUT2D eigenvalue weighted by atomic mass is 16.1. The second kappa shape index (κ2) is 9.35. The van der Waals surface area contributed by atoms with Crippen LogP contribution in [0.3, 0.4) is 0 Å². The lowest BCUT2D eigenvalue weighted by atomic mass is 9.91. The van der Waals surface area contributed by atoms with E-state index in [0.717, 1.165) is 67.6 Å². The molecule has 26 heavy (non-hydrogen) atoms. The summed E-state index contributed by atoms with van der Waals surface area (Å²) in [7, 11) is 0. The Balaban J connectivity index is 2.01. The molecule has 1 heterocycles. The van der Waals surface area contributed by atoms with Crippen LogP contribution in [0.4, 0.5) is 0 Å². The molecule has 1 aliphatic heterocycles. The van der Waals surface area contributed by atoms with Crippen LogP contribution in [0.2, 0.25) is 0 Å². The molecular formula is C23H28N2O. The van der Waals surface area contributed by atoms with Crippen molar-refractivity contribution in [3.05, 3.63) is 65.2 Å². The summed E-state index contributed by atoms with van der Waals surface area (Å²) in [6, 6.07) is 16.4.